The van der Waals surface area contributed by atoms with Crippen molar-refractivity contribution in [2.75, 3.05) is 21.9 Å². The van der Waals surface area contributed by atoms with Crippen LogP contribution < -0.4 is 27.6 Å². The van der Waals surface area contributed by atoms with E-state index in [1.54, 1.807) is 42.5 Å². The summed E-state index contributed by atoms with van der Waals surface area (Å²) in [6, 6.07) is 18.2. The number of ketones is 2. The number of para-hydroxylation sites is 1. The molecule has 23 heteroatoms. The van der Waals surface area contributed by atoms with Gasteiger partial charge in [-0.2, -0.15) is 40.6 Å². The summed E-state index contributed by atoms with van der Waals surface area (Å²) in [5, 5.41) is 18.4. The molecule has 10 N–H and O–H groups in total. The number of nitrogens with one attached hydrogen (secondary N) is 3. The topological polar surface area (TPSA) is 335 Å². The van der Waals surface area contributed by atoms with E-state index in [-0.39, 0.29) is 22.9 Å². The number of azo groups is 1. The number of nitrogens with zero attached hydrogens (tertiary/aromatic N) is 4. The van der Waals surface area contributed by atoms with Crippen molar-refractivity contribution in [2.45, 2.75) is 9.79 Å². The Bertz CT molecular complexity index is 2890. The van der Waals surface area contributed by atoms with Gasteiger partial charge in [-0.05, 0) is 84.5 Å². The Kier molecular flexibility index (Phi) is 10.7. The van der Waals surface area contributed by atoms with Gasteiger partial charge in [-0.15, -0.1) is 5.11 Å². The number of carbonyl (C=O) groups excluding carboxylic acids is 2. The van der Waals surface area contributed by atoms with E-state index in [1.807, 2.05) is 0 Å². The third-order valence-corrected chi connectivity index (χ3v) is 10.5. The van der Waals surface area contributed by atoms with Gasteiger partial charge in [0.2, 0.25) is 5.78 Å². The molecular formula is C34H27N9O11S3. The van der Waals surface area contributed by atoms with Gasteiger partial charge in [0.1, 0.15) is 26.1 Å². The lowest BCUT2D eigenvalue weighted by atomic mass is 9.92. The van der Waals surface area contributed by atoms with Crippen LogP contribution >= 0.6 is 0 Å². The van der Waals surface area contributed by atoms with Gasteiger partial charge < -0.3 is 16.8 Å². The van der Waals surface area contributed by atoms with E-state index >= 15 is 0 Å². The highest BCUT2D eigenvalue weighted by atomic mass is 32.2. The molecule has 0 fully saturated rings. The summed E-state index contributed by atoms with van der Waals surface area (Å²) < 4.78 is 104. The summed E-state index contributed by atoms with van der Waals surface area (Å²) in [5.41, 5.74) is 15.2. The van der Waals surface area contributed by atoms with Crippen molar-refractivity contribution in [3.8, 4) is 0 Å². The fourth-order valence-corrected chi connectivity index (χ4v) is 7.27. The summed E-state index contributed by atoms with van der Waals surface area (Å²) in [4.78, 5) is 22.4. The monoisotopic (exact) mass is 833 g/mol. The normalized spacial score (nSPS) is 16.1. The van der Waals surface area contributed by atoms with Crippen LogP contribution in [-0.2, 0) is 35.1 Å². The van der Waals surface area contributed by atoms with Gasteiger partial charge in [-0.25, -0.2) is 0 Å². The van der Waals surface area contributed by atoms with Crippen molar-refractivity contribution >= 4 is 99.2 Å². The molecule has 0 bridgehead atoms. The van der Waals surface area contributed by atoms with Crippen LogP contribution in [-0.4, -0.2) is 61.9 Å². The highest BCUT2D eigenvalue weighted by Gasteiger charge is 2.37. The lowest BCUT2D eigenvalue weighted by Gasteiger charge is -2.20. The van der Waals surface area contributed by atoms with Gasteiger partial charge in [-0.1, -0.05) is 18.2 Å². The smallest absolute Gasteiger partial charge is 0.296 e. The van der Waals surface area contributed by atoms with Gasteiger partial charge in [0.05, 0.1) is 39.7 Å². The molecule has 0 atom stereocenters. The SMILES string of the molecule is NC1=CC(=O)C=C/C1=N\Nc1ccc(Nc2ccc(N=Nc3c(S(=O)(=O)O)cc4c(c3N)C(=O)/C(=N\Nc3ccccc3)C(S(=O)(=O)O)=C4)cc2S(=O)(=O)O)cc1. The third kappa shape index (κ3) is 8.99. The first-order chi connectivity index (χ1) is 26.8. The summed E-state index contributed by atoms with van der Waals surface area (Å²) in [5.74, 6) is -1.47. The van der Waals surface area contributed by atoms with Crippen molar-refractivity contribution in [3.63, 3.8) is 0 Å². The van der Waals surface area contributed by atoms with Crippen LogP contribution in [0.1, 0.15) is 15.9 Å². The molecule has 0 saturated carbocycles. The molecule has 4 aromatic rings. The maximum absolute atomic E-state index is 13.7. The van der Waals surface area contributed by atoms with E-state index < -0.39 is 79.0 Å². The molecule has 0 spiro atoms. The van der Waals surface area contributed by atoms with E-state index in [1.165, 1.54) is 42.5 Å². The number of carbonyl (C=O) groups is 2. The van der Waals surface area contributed by atoms with Crippen molar-refractivity contribution in [2.24, 2.45) is 26.2 Å². The zero-order valence-corrected chi connectivity index (χ0v) is 31.0. The zero-order chi connectivity index (χ0) is 41.3. The van der Waals surface area contributed by atoms with Crippen LogP contribution in [0.25, 0.3) is 6.08 Å². The van der Waals surface area contributed by atoms with E-state index in [4.69, 9.17) is 11.5 Å². The first-order valence-corrected chi connectivity index (χ1v) is 20.1. The van der Waals surface area contributed by atoms with Crippen LogP contribution in [0.4, 0.5) is 39.8 Å². The molecule has 0 radical (unpaired) electrons. The summed E-state index contributed by atoms with van der Waals surface area (Å²) >= 11 is 0. The highest BCUT2D eigenvalue weighted by Crippen LogP contribution is 2.41. The van der Waals surface area contributed by atoms with Gasteiger partial charge in [0, 0.05) is 11.8 Å². The Morgan fingerprint density at radius 1 is 0.632 bits per heavy atom. The Morgan fingerprint density at radius 3 is 1.89 bits per heavy atom. The Labute approximate surface area is 323 Å². The Hall–Kier alpha value is -6.89. The molecular weight excluding hydrogens is 807 g/mol. The van der Waals surface area contributed by atoms with Gasteiger partial charge >= 0.3 is 0 Å². The fraction of sp³-hybridized carbons (Fsp3) is 0. The number of fused-ring (bicyclic) bond motifs is 1. The minimum absolute atomic E-state index is 0.123. The molecule has 0 saturated heterocycles. The molecule has 292 valence electrons. The van der Waals surface area contributed by atoms with Crippen molar-refractivity contribution < 1.29 is 48.5 Å². The number of Topliss-reactive ketones (excluding diaryl/α,β-unsaturated/α-hetero) is 1. The number of hydrogen-bond acceptors (Lipinski definition) is 17. The number of nitrogens with two attached hydrogens (primary N) is 2. The van der Waals surface area contributed by atoms with Crippen molar-refractivity contribution in [3.05, 3.63) is 119 Å². The standard InChI is InChI=1S/C34H27N9O11S3/c35-24-17-23(44)11-13-25(24)41-38-21-8-6-19(7-9-21)37-26-12-10-22(16-27(26)55(46,47)48)40-42-32-28(56(49,50)51)14-18-15-29(57(52,53)54)33(34(45)30(18)31(32)36)43-39-20-4-2-1-3-5-20/h1-17,37-39H,35-36H2,(H,46,47,48)(H,49,50,51)(H,52,53,54)/b41-25+,42-40?,43-33-. The molecule has 20 nitrogen and oxygen atoms in total. The molecule has 2 aliphatic carbocycles. The molecule has 0 aromatic heterocycles. The molecule has 0 amide bonds. The summed E-state index contributed by atoms with van der Waals surface area (Å²) in [7, 11) is -15.3. The Balaban J connectivity index is 1.33. The van der Waals surface area contributed by atoms with Crippen LogP contribution in [0, 0.1) is 0 Å². The summed E-state index contributed by atoms with van der Waals surface area (Å²) in [6.45, 7) is 0. The molecule has 0 aliphatic heterocycles. The largest absolute Gasteiger partial charge is 0.397 e. The number of hydrazone groups is 2. The quantitative estimate of drug-likeness (QED) is 0.0337. The van der Waals surface area contributed by atoms with Crippen LogP contribution in [0.3, 0.4) is 0 Å². The molecule has 2 aliphatic rings. The number of allylic oxidation sites excluding steroid dienone is 4. The van der Waals surface area contributed by atoms with Gasteiger partial charge in [0.15, 0.2) is 11.5 Å². The second-order valence-electron chi connectivity index (χ2n) is 11.8. The maximum Gasteiger partial charge on any atom is 0.296 e. The van der Waals surface area contributed by atoms with Gasteiger partial charge in [-0.3, -0.25) is 34.1 Å². The summed E-state index contributed by atoms with van der Waals surface area (Å²) in [6.07, 6.45) is 4.68. The first-order valence-electron chi connectivity index (χ1n) is 15.8. The van der Waals surface area contributed by atoms with E-state index in [9.17, 15) is 48.5 Å². The predicted octanol–water partition coefficient (Wildman–Crippen LogP) is 4.56. The van der Waals surface area contributed by atoms with Crippen molar-refractivity contribution in [1.82, 2.24) is 0 Å². The molecule has 0 unspecified atom stereocenters. The Morgan fingerprint density at radius 2 is 1.26 bits per heavy atom. The number of rotatable bonds is 11. The first kappa shape index (κ1) is 39.8. The lowest BCUT2D eigenvalue weighted by Crippen LogP contribution is -2.28. The third-order valence-electron chi connectivity index (χ3n) is 7.90. The zero-order valence-electron chi connectivity index (χ0n) is 28.6. The second-order valence-corrected chi connectivity index (χ2v) is 16.0. The average Bonchev–Trinajstić information content (AvgIpc) is 3.13. The van der Waals surface area contributed by atoms with Crippen LogP contribution in [0.15, 0.2) is 138 Å². The predicted molar refractivity (Wildman–Crippen MR) is 210 cm³/mol. The lowest BCUT2D eigenvalue weighted by molar-refractivity contribution is -0.110. The number of benzene rings is 4. The molecule has 57 heavy (non-hydrogen) atoms. The second kappa shape index (κ2) is 15.3. The highest BCUT2D eigenvalue weighted by molar-refractivity contribution is 7.91. The van der Waals surface area contributed by atoms with E-state index in [2.05, 4.69) is 36.6 Å². The van der Waals surface area contributed by atoms with E-state index in [0.717, 1.165) is 12.1 Å². The molecule has 4 aromatic carbocycles. The number of hydrogen-bond donors (Lipinski definition) is 8. The van der Waals surface area contributed by atoms with Crippen LogP contribution in [0.5, 0.6) is 0 Å². The van der Waals surface area contributed by atoms with Crippen LogP contribution in [0.2, 0.25) is 0 Å². The number of nitrogen functional groups attached to an aromatic ring is 1. The minimum Gasteiger partial charge on any atom is -0.397 e. The average molecular weight is 834 g/mol. The number of anilines is 5. The van der Waals surface area contributed by atoms with Crippen molar-refractivity contribution in [1.29, 1.82) is 0 Å². The maximum atomic E-state index is 13.7. The minimum atomic E-state index is -5.22. The van der Waals surface area contributed by atoms with E-state index in [0.29, 0.717) is 28.8 Å². The van der Waals surface area contributed by atoms with Gasteiger partial charge in [0.25, 0.3) is 30.4 Å². The molecule has 6 rings (SSSR count). The molecule has 0 heterocycles. The fourth-order valence-electron chi connectivity index (χ4n) is 5.27.